The molecule has 0 amide bonds. The van der Waals surface area contributed by atoms with Crippen molar-refractivity contribution in [2.75, 3.05) is 27.4 Å². The van der Waals surface area contributed by atoms with Crippen LogP contribution in [0.4, 0.5) is 8.78 Å². The highest BCUT2D eigenvalue weighted by molar-refractivity contribution is 7.21. The van der Waals surface area contributed by atoms with Gasteiger partial charge >= 0.3 is 5.97 Å². The summed E-state index contributed by atoms with van der Waals surface area (Å²) in [5, 5.41) is 9.55. The summed E-state index contributed by atoms with van der Waals surface area (Å²) in [5.74, 6) is -3.48. The van der Waals surface area contributed by atoms with Crippen LogP contribution in [0.2, 0.25) is 0 Å². The Kier molecular flexibility index (Phi) is 9.16. The van der Waals surface area contributed by atoms with Gasteiger partial charge in [0.1, 0.15) is 0 Å². The molecule has 2 heterocycles. The monoisotopic (exact) mass is 632 g/mol. The van der Waals surface area contributed by atoms with Crippen LogP contribution in [0, 0.1) is 23.5 Å². The van der Waals surface area contributed by atoms with Gasteiger partial charge in [0.05, 0.1) is 43.1 Å². The number of Topliss-reactive ketones (excluding diaryl/α,β-unsaturated/α-hetero) is 2. The first-order valence-corrected chi connectivity index (χ1v) is 15.4. The van der Waals surface area contributed by atoms with E-state index in [1.807, 2.05) is 0 Å². The highest BCUT2D eigenvalue weighted by atomic mass is 32.1. The zero-order valence-corrected chi connectivity index (χ0v) is 25.4. The number of thiophene rings is 2. The van der Waals surface area contributed by atoms with Crippen molar-refractivity contribution in [3.8, 4) is 23.0 Å². The Bertz CT molecular complexity index is 1710. The number of ketones is 2. The minimum atomic E-state index is -1.08. The standard InChI is InChI=1S/C31H30F2O8S2/c1-15(31(36)37)10-19(34)24-11-17-22(42-24)13-20(38-2)29(26(17)32)40-8-5-9-41-30-21(39-3)14-23-18(27(30)33)12-25(43-23)28(35)16-6-4-7-16/h11-16H,4-10H2,1-3H3,(H,36,37)/t15-/m0/s1. The van der Waals surface area contributed by atoms with Crippen LogP contribution >= 0.6 is 22.7 Å². The van der Waals surface area contributed by atoms with Crippen LogP contribution in [0.25, 0.3) is 20.2 Å². The molecule has 228 valence electrons. The number of carboxylic acid groups (broad SMARTS) is 1. The van der Waals surface area contributed by atoms with Gasteiger partial charge < -0.3 is 24.1 Å². The van der Waals surface area contributed by atoms with Gasteiger partial charge in [-0.25, -0.2) is 8.78 Å². The van der Waals surface area contributed by atoms with Crippen molar-refractivity contribution < 1.29 is 47.2 Å². The van der Waals surface area contributed by atoms with Gasteiger partial charge in [-0.1, -0.05) is 13.3 Å². The van der Waals surface area contributed by atoms with Crippen molar-refractivity contribution in [3.05, 3.63) is 45.7 Å². The topological polar surface area (TPSA) is 108 Å². The van der Waals surface area contributed by atoms with Crippen LogP contribution in [0.1, 0.15) is 58.4 Å². The summed E-state index contributed by atoms with van der Waals surface area (Å²) in [6, 6.07) is 6.19. The van der Waals surface area contributed by atoms with Crippen LogP contribution in [-0.4, -0.2) is 50.1 Å². The van der Waals surface area contributed by atoms with E-state index in [0.29, 0.717) is 19.7 Å². The normalized spacial score (nSPS) is 14.0. The van der Waals surface area contributed by atoms with Crippen molar-refractivity contribution in [3.63, 3.8) is 0 Å². The van der Waals surface area contributed by atoms with E-state index >= 15 is 8.78 Å². The molecule has 1 N–H and O–H groups in total. The number of methoxy groups -OCH3 is 2. The molecule has 2 aromatic carbocycles. The molecule has 0 aliphatic heterocycles. The maximum atomic E-state index is 15.5. The number of carbonyl (C=O) groups is 3. The van der Waals surface area contributed by atoms with Crippen molar-refractivity contribution in [1.82, 2.24) is 0 Å². The minimum Gasteiger partial charge on any atom is -0.493 e. The van der Waals surface area contributed by atoms with Gasteiger partial charge in [-0.05, 0) is 25.0 Å². The maximum absolute atomic E-state index is 15.5. The molecule has 0 saturated heterocycles. The van der Waals surface area contributed by atoms with E-state index in [1.54, 1.807) is 18.2 Å². The summed E-state index contributed by atoms with van der Waals surface area (Å²) in [6.45, 7) is 1.48. The Morgan fingerprint density at radius 3 is 1.86 bits per heavy atom. The largest absolute Gasteiger partial charge is 0.493 e. The molecular weight excluding hydrogens is 602 g/mol. The minimum absolute atomic E-state index is 0.00910. The third-order valence-electron chi connectivity index (χ3n) is 7.49. The van der Waals surface area contributed by atoms with Crippen molar-refractivity contribution >= 4 is 60.4 Å². The number of benzene rings is 2. The summed E-state index contributed by atoms with van der Waals surface area (Å²) in [4.78, 5) is 37.1. The smallest absolute Gasteiger partial charge is 0.306 e. The number of rotatable bonds is 14. The van der Waals surface area contributed by atoms with Gasteiger partial charge in [-0.3, -0.25) is 14.4 Å². The second kappa shape index (κ2) is 12.8. The lowest BCUT2D eigenvalue weighted by Gasteiger charge is -2.22. The number of fused-ring (bicyclic) bond motifs is 2. The average molecular weight is 633 g/mol. The first-order chi connectivity index (χ1) is 20.6. The number of hydrogen-bond donors (Lipinski definition) is 1. The molecule has 4 aromatic rings. The lowest BCUT2D eigenvalue weighted by molar-refractivity contribution is -0.141. The van der Waals surface area contributed by atoms with Crippen molar-refractivity contribution in [2.24, 2.45) is 11.8 Å². The van der Waals surface area contributed by atoms with E-state index in [-0.39, 0.29) is 71.0 Å². The van der Waals surface area contributed by atoms with Gasteiger partial charge in [0.2, 0.25) is 0 Å². The van der Waals surface area contributed by atoms with Crippen LogP contribution in [0.5, 0.6) is 23.0 Å². The number of carboxylic acids is 1. The molecule has 1 fully saturated rings. The van der Waals surface area contributed by atoms with Crippen LogP contribution in [0.3, 0.4) is 0 Å². The van der Waals surface area contributed by atoms with Crippen LogP contribution in [0.15, 0.2) is 24.3 Å². The number of hydrogen-bond acceptors (Lipinski definition) is 9. The summed E-state index contributed by atoms with van der Waals surface area (Å²) >= 11 is 2.29. The number of carbonyl (C=O) groups excluding carboxylic acids is 2. The molecular formula is C31H30F2O8S2. The molecule has 1 aliphatic carbocycles. The number of aliphatic carboxylic acids is 1. The first-order valence-electron chi connectivity index (χ1n) is 13.8. The van der Waals surface area contributed by atoms with Gasteiger partial charge in [0.15, 0.2) is 46.2 Å². The van der Waals surface area contributed by atoms with Gasteiger partial charge in [-0.2, -0.15) is 0 Å². The molecule has 43 heavy (non-hydrogen) atoms. The predicted octanol–water partition coefficient (Wildman–Crippen LogP) is 7.54. The summed E-state index contributed by atoms with van der Waals surface area (Å²) in [6.07, 6.45) is 2.82. The van der Waals surface area contributed by atoms with Gasteiger partial charge in [0.25, 0.3) is 0 Å². The quantitative estimate of drug-likeness (QED) is 0.112. The fourth-order valence-corrected chi connectivity index (χ4v) is 6.91. The first kappa shape index (κ1) is 30.7. The molecule has 0 bridgehead atoms. The summed E-state index contributed by atoms with van der Waals surface area (Å²) < 4.78 is 54.1. The van der Waals surface area contributed by atoms with Gasteiger partial charge in [0, 0.05) is 51.1 Å². The molecule has 0 spiro atoms. The van der Waals surface area contributed by atoms with Crippen LogP contribution in [-0.2, 0) is 4.79 Å². The third kappa shape index (κ3) is 6.16. The van der Waals surface area contributed by atoms with Crippen LogP contribution < -0.4 is 18.9 Å². The zero-order valence-electron chi connectivity index (χ0n) is 23.8. The molecule has 1 aliphatic rings. The lowest BCUT2D eigenvalue weighted by atomic mass is 9.82. The van der Waals surface area contributed by atoms with E-state index in [1.165, 1.54) is 38.5 Å². The Hall–Kier alpha value is -3.77. The number of halogens is 2. The molecule has 0 unspecified atom stereocenters. The Morgan fingerprint density at radius 1 is 0.884 bits per heavy atom. The van der Waals surface area contributed by atoms with Crippen molar-refractivity contribution in [1.29, 1.82) is 0 Å². The number of ether oxygens (including phenoxy) is 4. The summed E-state index contributed by atoms with van der Waals surface area (Å²) in [7, 11) is 2.78. The molecule has 1 saturated carbocycles. The Balaban J connectivity index is 1.26. The van der Waals surface area contributed by atoms with E-state index in [4.69, 9.17) is 24.1 Å². The average Bonchev–Trinajstić information content (AvgIpc) is 3.58. The van der Waals surface area contributed by atoms with E-state index in [9.17, 15) is 14.4 Å². The second-order valence-electron chi connectivity index (χ2n) is 10.4. The zero-order chi connectivity index (χ0) is 30.8. The molecule has 2 aromatic heterocycles. The molecule has 8 nitrogen and oxygen atoms in total. The Morgan fingerprint density at radius 2 is 1.40 bits per heavy atom. The Labute approximate surface area is 254 Å². The predicted molar refractivity (Wildman–Crippen MR) is 160 cm³/mol. The maximum Gasteiger partial charge on any atom is 0.306 e. The summed E-state index contributed by atoms with van der Waals surface area (Å²) in [5.41, 5.74) is 0. The third-order valence-corrected chi connectivity index (χ3v) is 9.71. The molecule has 5 rings (SSSR count). The van der Waals surface area contributed by atoms with E-state index in [0.717, 1.165) is 30.6 Å². The van der Waals surface area contributed by atoms with E-state index in [2.05, 4.69) is 0 Å². The molecule has 1 atom stereocenters. The highest BCUT2D eigenvalue weighted by Gasteiger charge is 2.29. The second-order valence-corrected chi connectivity index (χ2v) is 12.6. The highest BCUT2D eigenvalue weighted by Crippen LogP contribution is 2.43. The van der Waals surface area contributed by atoms with Crippen molar-refractivity contribution in [2.45, 2.75) is 39.0 Å². The SMILES string of the molecule is COc1cc2sc(C(=O)C[C@H](C)C(=O)O)cc2c(F)c1OCCCOc1c(OC)cc2sc(C(=O)C3CCC3)cc2c1F. The molecule has 12 heteroatoms. The van der Waals surface area contributed by atoms with E-state index < -0.39 is 29.3 Å². The fraction of sp³-hybridized carbons (Fsp3) is 0.387. The van der Waals surface area contributed by atoms with Gasteiger partial charge in [-0.15, -0.1) is 22.7 Å². The lowest BCUT2D eigenvalue weighted by Crippen LogP contribution is -2.20. The molecule has 0 radical (unpaired) electrons. The fourth-order valence-electron chi connectivity index (χ4n) is 4.77.